The monoisotopic (exact) mass is 704 g/mol. The van der Waals surface area contributed by atoms with Crippen LogP contribution >= 0.6 is 0 Å². The number of aliphatic hydroxyl groups is 2. The summed E-state index contributed by atoms with van der Waals surface area (Å²) < 4.78 is 5.42. The number of hydrogen-bond acceptors (Lipinski definition) is 5. The first-order chi connectivity index (χ1) is 24.5. The van der Waals surface area contributed by atoms with Crippen LogP contribution in [-0.4, -0.2) is 47.4 Å². The van der Waals surface area contributed by atoms with Gasteiger partial charge in [-0.25, -0.2) is 0 Å². The maximum Gasteiger partial charge on any atom is 0.305 e. The Balaban J connectivity index is 3.60. The highest BCUT2D eigenvalue weighted by Gasteiger charge is 2.17. The number of ether oxygens (including phenoxy) is 1. The maximum absolute atomic E-state index is 12.3. The van der Waals surface area contributed by atoms with Gasteiger partial charge in [0, 0.05) is 12.8 Å². The van der Waals surface area contributed by atoms with Crippen LogP contribution in [0.4, 0.5) is 0 Å². The zero-order valence-corrected chi connectivity index (χ0v) is 32.9. The van der Waals surface area contributed by atoms with Gasteiger partial charge in [-0.1, -0.05) is 179 Å². The van der Waals surface area contributed by atoms with Gasteiger partial charge in [0.2, 0.25) is 5.91 Å². The van der Waals surface area contributed by atoms with Gasteiger partial charge in [0.25, 0.3) is 0 Å². The largest absolute Gasteiger partial charge is 0.466 e. The van der Waals surface area contributed by atoms with Gasteiger partial charge in [-0.2, -0.15) is 0 Å². The van der Waals surface area contributed by atoms with Crippen LogP contribution in [0.5, 0.6) is 0 Å². The Hall–Kier alpha value is -1.92. The fraction of sp³-hybridized carbons (Fsp3) is 0.818. The summed E-state index contributed by atoms with van der Waals surface area (Å²) in [5.74, 6) is -0.174. The molecule has 0 aromatic carbocycles. The zero-order valence-electron chi connectivity index (χ0n) is 32.9. The van der Waals surface area contributed by atoms with E-state index in [0.29, 0.717) is 25.9 Å². The second kappa shape index (κ2) is 39.9. The number of amides is 1. The number of hydrogen-bond donors (Lipinski definition) is 3. The van der Waals surface area contributed by atoms with Crippen molar-refractivity contribution in [1.82, 2.24) is 5.32 Å². The third kappa shape index (κ3) is 35.9. The smallest absolute Gasteiger partial charge is 0.305 e. The standard InChI is InChI=1S/C44H81NO5/c1-3-5-7-9-11-13-17-22-26-30-34-38-44(49)50-39-35-31-27-23-19-16-14-15-18-21-25-29-33-37-43(48)45-41(40-46)42(47)36-32-28-24-20-12-10-8-6-4-2/h15,18,25,29,32,36,41-42,46-47H,3-14,16-17,19-24,26-28,30-31,33-35,37-40H2,1-2H3,(H,45,48)/b18-15-,29-25-,36-32+. The van der Waals surface area contributed by atoms with E-state index in [9.17, 15) is 19.8 Å². The lowest BCUT2D eigenvalue weighted by molar-refractivity contribution is -0.143. The van der Waals surface area contributed by atoms with Crippen molar-refractivity contribution in [3.63, 3.8) is 0 Å². The van der Waals surface area contributed by atoms with E-state index < -0.39 is 12.1 Å². The molecule has 0 aliphatic carbocycles. The average Bonchev–Trinajstić information content (AvgIpc) is 3.11. The summed E-state index contributed by atoms with van der Waals surface area (Å²) >= 11 is 0. The molecular formula is C44H81NO5. The zero-order chi connectivity index (χ0) is 36.6. The molecule has 50 heavy (non-hydrogen) atoms. The highest BCUT2D eigenvalue weighted by atomic mass is 16.5. The minimum Gasteiger partial charge on any atom is -0.466 e. The molecule has 2 unspecified atom stereocenters. The first-order valence-corrected chi connectivity index (χ1v) is 21.3. The van der Waals surface area contributed by atoms with Crippen LogP contribution < -0.4 is 5.32 Å². The average molecular weight is 704 g/mol. The Kier molecular flexibility index (Phi) is 38.3. The van der Waals surface area contributed by atoms with Crippen LogP contribution in [0.2, 0.25) is 0 Å². The number of carbonyl (C=O) groups excluding carboxylic acids is 2. The molecule has 6 heteroatoms. The van der Waals surface area contributed by atoms with Gasteiger partial charge < -0.3 is 20.3 Å². The molecule has 0 aliphatic heterocycles. The quantitative estimate of drug-likeness (QED) is 0.0338. The van der Waals surface area contributed by atoms with Gasteiger partial charge in [0.15, 0.2) is 0 Å². The topological polar surface area (TPSA) is 95.9 Å². The molecule has 3 N–H and O–H groups in total. The van der Waals surface area contributed by atoms with E-state index in [1.54, 1.807) is 6.08 Å². The molecule has 0 radical (unpaired) electrons. The van der Waals surface area contributed by atoms with Crippen LogP contribution in [-0.2, 0) is 14.3 Å². The van der Waals surface area contributed by atoms with Gasteiger partial charge in [-0.05, 0) is 51.4 Å². The molecule has 0 saturated heterocycles. The normalized spacial score (nSPS) is 13.1. The van der Waals surface area contributed by atoms with E-state index in [0.717, 1.165) is 51.4 Å². The first-order valence-electron chi connectivity index (χ1n) is 21.3. The predicted octanol–water partition coefficient (Wildman–Crippen LogP) is 11.8. The third-order valence-electron chi connectivity index (χ3n) is 9.42. The van der Waals surface area contributed by atoms with Crippen LogP contribution in [0.3, 0.4) is 0 Å². The lowest BCUT2D eigenvalue weighted by atomic mass is 10.1. The van der Waals surface area contributed by atoms with Gasteiger partial charge in [0.1, 0.15) is 0 Å². The van der Waals surface area contributed by atoms with Crippen LogP contribution in [0, 0.1) is 0 Å². The molecule has 2 atom stereocenters. The second-order valence-corrected chi connectivity index (χ2v) is 14.3. The van der Waals surface area contributed by atoms with Crippen molar-refractivity contribution in [2.45, 2.75) is 219 Å². The Labute approximate surface area is 309 Å². The summed E-state index contributed by atoms with van der Waals surface area (Å²) in [5, 5.41) is 22.7. The summed E-state index contributed by atoms with van der Waals surface area (Å²) in [7, 11) is 0. The summed E-state index contributed by atoms with van der Waals surface area (Å²) in [5.41, 5.74) is 0. The van der Waals surface area contributed by atoms with E-state index in [1.807, 2.05) is 12.2 Å². The van der Waals surface area contributed by atoms with Crippen molar-refractivity contribution in [2.24, 2.45) is 0 Å². The molecule has 0 rings (SSSR count). The van der Waals surface area contributed by atoms with Crippen molar-refractivity contribution in [2.75, 3.05) is 13.2 Å². The van der Waals surface area contributed by atoms with Gasteiger partial charge >= 0.3 is 5.97 Å². The fourth-order valence-corrected chi connectivity index (χ4v) is 6.09. The molecule has 0 aromatic heterocycles. The molecule has 0 aliphatic rings. The first kappa shape index (κ1) is 48.1. The highest BCUT2D eigenvalue weighted by Crippen LogP contribution is 2.13. The third-order valence-corrected chi connectivity index (χ3v) is 9.42. The lowest BCUT2D eigenvalue weighted by Crippen LogP contribution is -2.45. The number of unbranched alkanes of at least 4 members (excludes halogenated alkanes) is 23. The van der Waals surface area contributed by atoms with Crippen molar-refractivity contribution >= 4 is 11.9 Å². The molecule has 0 bridgehead atoms. The molecule has 0 fully saturated rings. The number of carbonyl (C=O) groups is 2. The van der Waals surface area contributed by atoms with Crippen LogP contribution in [0.15, 0.2) is 36.5 Å². The number of aliphatic hydroxyl groups excluding tert-OH is 2. The van der Waals surface area contributed by atoms with Gasteiger partial charge in [-0.15, -0.1) is 0 Å². The maximum atomic E-state index is 12.3. The molecule has 0 heterocycles. The van der Waals surface area contributed by atoms with E-state index in [4.69, 9.17) is 4.74 Å². The van der Waals surface area contributed by atoms with E-state index in [-0.39, 0.29) is 18.5 Å². The van der Waals surface area contributed by atoms with Crippen LogP contribution in [0.25, 0.3) is 0 Å². The van der Waals surface area contributed by atoms with Gasteiger partial charge in [0.05, 0.1) is 25.4 Å². The Morgan fingerprint density at radius 3 is 1.56 bits per heavy atom. The van der Waals surface area contributed by atoms with E-state index >= 15 is 0 Å². The second-order valence-electron chi connectivity index (χ2n) is 14.3. The number of esters is 1. The molecule has 0 aromatic rings. The fourth-order valence-electron chi connectivity index (χ4n) is 6.09. The predicted molar refractivity (Wildman–Crippen MR) is 213 cm³/mol. The molecule has 0 saturated carbocycles. The molecule has 292 valence electrons. The summed E-state index contributed by atoms with van der Waals surface area (Å²) in [6, 6.07) is -0.668. The van der Waals surface area contributed by atoms with Crippen LogP contribution in [0.1, 0.15) is 206 Å². The van der Waals surface area contributed by atoms with E-state index in [1.165, 1.54) is 122 Å². The Bertz CT molecular complexity index is 823. The SMILES string of the molecule is CCCCCCCCC/C=C/C(O)C(CO)NC(=O)CC/C=C\C/C=C\CCCCCCCCOC(=O)CCCCCCCCCCCCC. The molecular weight excluding hydrogens is 622 g/mol. The van der Waals surface area contributed by atoms with Crippen molar-refractivity contribution in [1.29, 1.82) is 0 Å². The van der Waals surface area contributed by atoms with Crippen molar-refractivity contribution in [3.05, 3.63) is 36.5 Å². The van der Waals surface area contributed by atoms with E-state index in [2.05, 4.69) is 37.4 Å². The summed E-state index contributed by atoms with van der Waals surface area (Å²) in [6.45, 7) is 4.78. The lowest BCUT2D eigenvalue weighted by Gasteiger charge is -2.19. The number of rotatable bonds is 38. The minimum atomic E-state index is -0.876. The Morgan fingerprint density at radius 2 is 1.02 bits per heavy atom. The minimum absolute atomic E-state index is 0.0205. The van der Waals surface area contributed by atoms with Crippen molar-refractivity contribution in [3.8, 4) is 0 Å². The molecule has 6 nitrogen and oxygen atoms in total. The molecule has 0 spiro atoms. The number of allylic oxidation sites excluding steroid dienone is 5. The Morgan fingerprint density at radius 1 is 0.560 bits per heavy atom. The van der Waals surface area contributed by atoms with Crippen molar-refractivity contribution < 1.29 is 24.5 Å². The number of nitrogens with one attached hydrogen (secondary N) is 1. The highest BCUT2D eigenvalue weighted by molar-refractivity contribution is 5.76. The summed E-state index contributed by atoms with van der Waals surface area (Å²) in [4.78, 5) is 24.2. The molecule has 1 amide bonds. The summed E-state index contributed by atoms with van der Waals surface area (Å²) in [6.07, 6.45) is 45.7. The van der Waals surface area contributed by atoms with Gasteiger partial charge in [-0.3, -0.25) is 9.59 Å².